The number of hydrogen-bond acceptors (Lipinski definition) is 7. The van der Waals surface area contributed by atoms with Crippen LogP contribution in [0.1, 0.15) is 48.4 Å². The second-order valence-corrected chi connectivity index (χ2v) is 11.1. The number of thioether (sulfide) groups is 1. The van der Waals surface area contributed by atoms with Crippen LogP contribution in [0.15, 0.2) is 47.4 Å². The summed E-state index contributed by atoms with van der Waals surface area (Å²) < 4.78 is 0.957. The molecule has 190 valence electrons. The molecule has 2 aromatic rings. The molecular weight excluding hydrogens is 523 g/mol. The first kappa shape index (κ1) is 29.6. The van der Waals surface area contributed by atoms with Crippen LogP contribution in [0.4, 0.5) is 0 Å². The molecule has 10 nitrogen and oxygen atoms in total. The second-order valence-electron chi connectivity index (χ2n) is 9.36. The van der Waals surface area contributed by atoms with Crippen molar-refractivity contribution in [2.45, 2.75) is 62.5 Å². The van der Waals surface area contributed by atoms with Crippen LogP contribution in [-0.4, -0.2) is 55.4 Å². The molecule has 1 aromatic carbocycles. The topological polar surface area (TPSA) is 141 Å². The first-order valence-corrected chi connectivity index (χ1v) is 12.4. The molecule has 2 fully saturated rings. The fraction of sp³-hybridized carbons (Fsp3) is 0.400. The van der Waals surface area contributed by atoms with Crippen molar-refractivity contribution in [1.29, 1.82) is 0 Å². The Hall–Kier alpha value is -1.96. The maximum atomic E-state index is 13.4. The number of carbonyl (C=O) groups is 4. The van der Waals surface area contributed by atoms with Gasteiger partial charge in [-0.1, -0.05) is 30.3 Å². The van der Waals surface area contributed by atoms with Gasteiger partial charge in [-0.3, -0.25) is 19.2 Å². The molecule has 2 N–H and O–H groups in total. The van der Waals surface area contributed by atoms with Crippen molar-refractivity contribution in [1.82, 2.24) is 20.1 Å². The normalized spacial score (nSPS) is 22.2. The van der Waals surface area contributed by atoms with Crippen molar-refractivity contribution in [3.63, 3.8) is 0 Å². The van der Waals surface area contributed by atoms with Gasteiger partial charge in [0.05, 0.1) is 12.0 Å². The summed E-state index contributed by atoms with van der Waals surface area (Å²) in [7, 11) is 0. The van der Waals surface area contributed by atoms with E-state index in [1.54, 1.807) is 55.7 Å². The first-order valence-electron chi connectivity index (χ1n) is 11.5. The van der Waals surface area contributed by atoms with E-state index in [4.69, 9.17) is 0 Å². The predicted molar refractivity (Wildman–Crippen MR) is 131 cm³/mol. The third kappa shape index (κ3) is 5.59. The van der Waals surface area contributed by atoms with Crippen LogP contribution < -0.4 is 72.6 Å². The number of carboxylic acid groups (broad SMARTS) is 1. The Bertz CT molecular complexity index is 1300. The van der Waals surface area contributed by atoms with E-state index < -0.39 is 57.4 Å². The molecule has 0 spiro atoms. The van der Waals surface area contributed by atoms with E-state index in [-0.39, 0.29) is 56.9 Å². The van der Waals surface area contributed by atoms with Crippen molar-refractivity contribution in [2.24, 2.45) is 0 Å². The van der Waals surface area contributed by atoms with Gasteiger partial charge in [0.25, 0.3) is 5.91 Å². The van der Waals surface area contributed by atoms with Gasteiger partial charge >= 0.3 is 51.4 Å². The number of pyridine rings is 1. The first-order chi connectivity index (χ1) is 17.0. The van der Waals surface area contributed by atoms with E-state index in [0.29, 0.717) is 17.8 Å². The van der Waals surface area contributed by atoms with Gasteiger partial charge in [0, 0.05) is 29.2 Å². The smallest absolute Gasteiger partial charge is 0.548 e. The molecule has 2 aliphatic heterocycles. The number of aliphatic carboxylic acids is 1. The Kier molecular flexibility index (Phi) is 9.13. The van der Waals surface area contributed by atoms with Crippen molar-refractivity contribution in [2.75, 3.05) is 0 Å². The van der Waals surface area contributed by atoms with Crippen molar-refractivity contribution < 1.29 is 75.7 Å². The fourth-order valence-corrected chi connectivity index (χ4v) is 6.32. The van der Waals surface area contributed by atoms with Crippen molar-refractivity contribution in [3.05, 3.63) is 69.6 Å². The van der Waals surface area contributed by atoms with E-state index >= 15 is 0 Å². The summed E-state index contributed by atoms with van der Waals surface area (Å²) in [6, 6.07) is 6.58. The maximum Gasteiger partial charge on any atom is 1.00 e. The molecule has 3 heterocycles. The number of β-lactam (4-membered cyclic amide) rings is 1. The molecule has 2 aliphatic rings. The van der Waals surface area contributed by atoms with E-state index in [9.17, 15) is 29.1 Å². The number of carboxylic acids is 1. The largest absolute Gasteiger partial charge is 1.00 e. The summed E-state index contributed by atoms with van der Waals surface area (Å²) in [6.07, 6.45) is 1.46. The van der Waals surface area contributed by atoms with Crippen molar-refractivity contribution in [3.8, 4) is 0 Å². The molecule has 0 saturated carbocycles. The molecule has 0 radical (unpaired) electrons. The minimum absolute atomic E-state index is 0. The number of nitrogens with one attached hydrogen (secondary N) is 2. The molecule has 1 unspecified atom stereocenters. The molecule has 0 aliphatic carbocycles. The number of benzene rings is 1. The number of nitrogens with zero attached hydrogens (tertiary/aromatic N) is 2. The minimum Gasteiger partial charge on any atom is -0.548 e. The van der Waals surface area contributed by atoms with Gasteiger partial charge in [-0.05, 0) is 33.3 Å². The van der Waals surface area contributed by atoms with Gasteiger partial charge in [-0.25, -0.2) is 0 Å². The van der Waals surface area contributed by atoms with Crippen LogP contribution in [0.25, 0.3) is 0 Å². The van der Waals surface area contributed by atoms with E-state index in [1.807, 2.05) is 6.92 Å². The van der Waals surface area contributed by atoms with E-state index in [1.165, 1.54) is 28.9 Å². The molecular formula is C25H27KN4O6S. The number of hydrogen-bond donors (Lipinski definition) is 2. The van der Waals surface area contributed by atoms with Crippen LogP contribution in [0, 0.1) is 6.92 Å². The molecule has 4 atom stereocenters. The number of rotatable bonds is 7. The zero-order valence-electron chi connectivity index (χ0n) is 21.3. The summed E-state index contributed by atoms with van der Waals surface area (Å²) in [5.41, 5.74) is 0.592. The van der Waals surface area contributed by atoms with Crippen molar-refractivity contribution >= 4 is 35.5 Å². The summed E-state index contributed by atoms with van der Waals surface area (Å²) in [4.78, 5) is 64.6. The van der Waals surface area contributed by atoms with Crippen LogP contribution in [0.5, 0.6) is 0 Å². The zero-order chi connectivity index (χ0) is 26.4. The van der Waals surface area contributed by atoms with Gasteiger partial charge in [-0.15, -0.1) is 11.8 Å². The predicted octanol–water partition coefficient (Wildman–Crippen LogP) is -3.05. The van der Waals surface area contributed by atoms with Gasteiger partial charge in [-0.2, -0.15) is 0 Å². The second kappa shape index (κ2) is 11.4. The minimum atomic E-state index is -1.35. The summed E-state index contributed by atoms with van der Waals surface area (Å²) in [6.45, 7) is 7.61. The van der Waals surface area contributed by atoms with Crippen LogP contribution in [0.3, 0.4) is 0 Å². The molecule has 3 amide bonds. The Balaban J connectivity index is 0.00000380. The van der Waals surface area contributed by atoms with E-state index in [2.05, 4.69) is 10.6 Å². The summed E-state index contributed by atoms with van der Waals surface area (Å²) in [5.74, 6) is -3.24. The van der Waals surface area contributed by atoms with Gasteiger partial charge in [0.1, 0.15) is 23.0 Å². The molecule has 0 bridgehead atoms. The van der Waals surface area contributed by atoms with Crippen LogP contribution in [-0.2, 0) is 20.9 Å². The number of aryl methyl sites for hydroxylation is 2. The standard InChI is InChI=1S/C25H28N4O6S.K/c1-5-28-12-15(16(30)11-13(28)2)20(31)26-17(14-9-7-6-8-10-14)21(32)27-18-22(33)29-19(24(34)35)25(3,4)36-23(18)29;/h6-12,17-19,23H,5H2,1-4H3,(H,26,31)(H,27,32)(H,34,35);/q;+1/p-1/t17?,18-,19+,23-;/m1./s1. The maximum absolute atomic E-state index is 13.4. The third-order valence-electron chi connectivity index (χ3n) is 6.56. The Morgan fingerprint density at radius 2 is 1.81 bits per heavy atom. The number of fused-ring (bicyclic) bond motifs is 1. The van der Waals surface area contributed by atoms with Crippen LogP contribution >= 0.6 is 11.8 Å². The Labute approximate surface area is 261 Å². The average molecular weight is 551 g/mol. The summed E-state index contributed by atoms with van der Waals surface area (Å²) >= 11 is 1.27. The molecule has 12 heteroatoms. The monoisotopic (exact) mass is 550 g/mol. The fourth-order valence-electron chi connectivity index (χ4n) is 4.70. The summed E-state index contributed by atoms with van der Waals surface area (Å²) in [5, 5.41) is 16.4. The number of carbonyl (C=O) groups excluding carboxylic acids is 4. The zero-order valence-corrected chi connectivity index (χ0v) is 25.2. The van der Waals surface area contributed by atoms with E-state index in [0.717, 1.165) is 0 Å². The number of amides is 3. The molecule has 37 heavy (non-hydrogen) atoms. The SMILES string of the molecule is CCn1cc(C(=O)NC(C(=O)N[C@@H]2C(=O)N3[C@@H]2SC(C)(C)[C@@H]3C(=O)[O-])c2ccccc2)c(=O)cc1C.[K+]. The quantitative estimate of drug-likeness (QED) is 0.276. The van der Waals surface area contributed by atoms with Crippen LogP contribution in [0.2, 0.25) is 0 Å². The molecule has 4 rings (SSSR count). The van der Waals surface area contributed by atoms with Gasteiger partial charge in [0.2, 0.25) is 11.8 Å². The Morgan fingerprint density at radius 3 is 2.41 bits per heavy atom. The van der Waals surface area contributed by atoms with Gasteiger partial charge in [0.15, 0.2) is 5.43 Å². The van der Waals surface area contributed by atoms with Gasteiger partial charge < -0.3 is 30.0 Å². The number of aromatic nitrogens is 1. The molecule has 2 saturated heterocycles. The third-order valence-corrected chi connectivity index (χ3v) is 8.13. The average Bonchev–Trinajstić information content (AvgIpc) is 3.09. The molecule has 1 aromatic heterocycles. The Morgan fingerprint density at radius 1 is 1.16 bits per heavy atom.